The molecule has 1 atom stereocenters. The zero-order valence-electron chi connectivity index (χ0n) is 11.9. The van der Waals surface area contributed by atoms with E-state index in [2.05, 4.69) is 0 Å². The van der Waals surface area contributed by atoms with Gasteiger partial charge in [-0.05, 0) is 6.92 Å². The van der Waals surface area contributed by atoms with Crippen molar-refractivity contribution in [1.82, 2.24) is 0 Å². The van der Waals surface area contributed by atoms with E-state index >= 15 is 0 Å². The first-order valence-electron chi connectivity index (χ1n) is 6.29. The normalized spacial score (nSPS) is 12.2. The van der Waals surface area contributed by atoms with Gasteiger partial charge in [0.2, 0.25) is 5.82 Å². The molecule has 2 rings (SSSR count). The maximum absolute atomic E-state index is 13.9. The van der Waals surface area contributed by atoms with Gasteiger partial charge in [0.05, 0.1) is 17.2 Å². The van der Waals surface area contributed by atoms with E-state index < -0.39 is 75.0 Å². The molecule has 0 radical (unpaired) electrons. The van der Waals surface area contributed by atoms with E-state index in [0.717, 1.165) is 6.07 Å². The average Bonchev–Trinajstić information content (AvgIpc) is 2.60. The molecule has 1 unspecified atom stereocenters. The zero-order valence-corrected chi connectivity index (χ0v) is 11.9. The van der Waals surface area contributed by atoms with Crippen molar-refractivity contribution in [3.8, 4) is 6.07 Å². The highest BCUT2D eigenvalue weighted by atomic mass is 19.2. The standard InChI is InChI=1S/C15H4F9N/c1-3-7(16)9(18)5(10(19)8(3)17)4(2-25)6-11(20)13(22)15(24)14(23)12(6)21/h4H,1H3. The molecule has 0 bridgehead atoms. The number of nitrogens with zero attached hydrogens (tertiary/aromatic N) is 1. The molecule has 132 valence electrons. The summed E-state index contributed by atoms with van der Waals surface area (Å²) in [7, 11) is 0. The van der Waals surface area contributed by atoms with Crippen LogP contribution >= 0.6 is 0 Å². The molecular formula is C15H4F9N. The topological polar surface area (TPSA) is 23.8 Å². The Kier molecular flexibility index (Phi) is 4.70. The van der Waals surface area contributed by atoms with E-state index in [1.165, 1.54) is 0 Å². The van der Waals surface area contributed by atoms with Crippen LogP contribution in [-0.4, -0.2) is 0 Å². The lowest BCUT2D eigenvalue weighted by atomic mass is 9.89. The lowest BCUT2D eigenvalue weighted by Crippen LogP contribution is -2.16. The van der Waals surface area contributed by atoms with Gasteiger partial charge in [0.1, 0.15) is 5.92 Å². The van der Waals surface area contributed by atoms with Gasteiger partial charge in [0.15, 0.2) is 46.5 Å². The Bertz CT molecular complexity index is 803. The van der Waals surface area contributed by atoms with Crippen molar-refractivity contribution in [1.29, 1.82) is 5.26 Å². The van der Waals surface area contributed by atoms with Gasteiger partial charge in [-0.15, -0.1) is 0 Å². The molecule has 0 heterocycles. The summed E-state index contributed by atoms with van der Waals surface area (Å²) in [4.78, 5) is 0. The fourth-order valence-corrected chi connectivity index (χ4v) is 2.16. The molecule has 1 nitrogen and oxygen atoms in total. The lowest BCUT2D eigenvalue weighted by molar-refractivity contribution is 0.367. The Balaban J connectivity index is 2.93. The number of nitriles is 1. The van der Waals surface area contributed by atoms with Gasteiger partial charge in [-0.1, -0.05) is 0 Å². The number of hydrogen-bond acceptors (Lipinski definition) is 1. The Morgan fingerprint density at radius 1 is 0.560 bits per heavy atom. The van der Waals surface area contributed by atoms with E-state index in [9.17, 15) is 39.5 Å². The molecule has 2 aromatic rings. The molecular weight excluding hydrogens is 365 g/mol. The van der Waals surface area contributed by atoms with E-state index in [1.54, 1.807) is 0 Å². The summed E-state index contributed by atoms with van der Waals surface area (Å²) in [6, 6.07) is 0.897. The predicted octanol–water partition coefficient (Wildman–Crippen LogP) is 4.90. The monoisotopic (exact) mass is 369 g/mol. The van der Waals surface area contributed by atoms with Crippen LogP contribution in [0.3, 0.4) is 0 Å². The van der Waals surface area contributed by atoms with Crippen LogP contribution in [0.25, 0.3) is 0 Å². The molecule has 0 saturated carbocycles. The van der Waals surface area contributed by atoms with Crippen LogP contribution in [0.4, 0.5) is 39.5 Å². The van der Waals surface area contributed by atoms with Crippen molar-refractivity contribution in [2.24, 2.45) is 0 Å². The summed E-state index contributed by atoms with van der Waals surface area (Å²) < 4.78 is 122. The fourth-order valence-electron chi connectivity index (χ4n) is 2.16. The number of benzene rings is 2. The first-order valence-corrected chi connectivity index (χ1v) is 6.29. The molecule has 0 fully saturated rings. The lowest BCUT2D eigenvalue weighted by Gasteiger charge is -2.16. The summed E-state index contributed by atoms with van der Waals surface area (Å²) in [5, 5.41) is 8.93. The minimum absolute atomic E-state index is 0.639. The number of hydrogen-bond donors (Lipinski definition) is 0. The summed E-state index contributed by atoms with van der Waals surface area (Å²) >= 11 is 0. The molecule has 0 spiro atoms. The van der Waals surface area contributed by atoms with Crippen molar-refractivity contribution in [2.75, 3.05) is 0 Å². The van der Waals surface area contributed by atoms with Crippen LogP contribution in [0.2, 0.25) is 0 Å². The van der Waals surface area contributed by atoms with Gasteiger partial charge in [-0.3, -0.25) is 0 Å². The van der Waals surface area contributed by atoms with E-state index in [4.69, 9.17) is 5.26 Å². The van der Waals surface area contributed by atoms with Crippen molar-refractivity contribution in [3.05, 3.63) is 69.0 Å². The average molecular weight is 369 g/mol. The maximum Gasteiger partial charge on any atom is 0.200 e. The Morgan fingerprint density at radius 3 is 1.16 bits per heavy atom. The largest absolute Gasteiger partial charge is 0.203 e. The quantitative estimate of drug-likeness (QED) is 0.420. The summed E-state index contributed by atoms with van der Waals surface area (Å²) in [5.74, 6) is -23.8. The van der Waals surface area contributed by atoms with Crippen molar-refractivity contribution in [2.45, 2.75) is 12.8 Å². The Labute approximate surface area is 133 Å². The minimum Gasteiger partial charge on any atom is -0.203 e. The summed E-state index contributed by atoms with van der Waals surface area (Å²) in [6.07, 6.45) is 0. The first kappa shape index (κ1) is 18.6. The zero-order chi connectivity index (χ0) is 19.2. The third-order valence-corrected chi connectivity index (χ3v) is 3.47. The van der Waals surface area contributed by atoms with Crippen LogP contribution in [0.15, 0.2) is 0 Å². The molecule has 10 heteroatoms. The van der Waals surface area contributed by atoms with Crippen LogP contribution in [0, 0.1) is 70.6 Å². The predicted molar refractivity (Wildman–Crippen MR) is 64.7 cm³/mol. The smallest absolute Gasteiger partial charge is 0.200 e. The fraction of sp³-hybridized carbons (Fsp3) is 0.133. The van der Waals surface area contributed by atoms with Gasteiger partial charge in [-0.2, -0.15) is 5.26 Å². The molecule has 25 heavy (non-hydrogen) atoms. The second-order valence-electron chi connectivity index (χ2n) is 4.84. The maximum atomic E-state index is 13.9. The van der Waals surface area contributed by atoms with E-state index in [-0.39, 0.29) is 0 Å². The van der Waals surface area contributed by atoms with Crippen LogP contribution in [-0.2, 0) is 0 Å². The highest BCUT2D eigenvalue weighted by Gasteiger charge is 2.36. The molecule has 0 aromatic heterocycles. The number of rotatable bonds is 2. The second kappa shape index (κ2) is 6.31. The molecule has 0 aliphatic rings. The molecule has 0 saturated heterocycles. The molecule has 2 aromatic carbocycles. The van der Waals surface area contributed by atoms with Crippen LogP contribution < -0.4 is 0 Å². The van der Waals surface area contributed by atoms with Gasteiger partial charge in [0, 0.05) is 5.56 Å². The number of halogens is 9. The summed E-state index contributed by atoms with van der Waals surface area (Å²) in [5.41, 5.74) is -4.88. The van der Waals surface area contributed by atoms with Crippen molar-refractivity contribution in [3.63, 3.8) is 0 Å². The van der Waals surface area contributed by atoms with Gasteiger partial charge in [-0.25, -0.2) is 39.5 Å². The highest BCUT2D eigenvalue weighted by molar-refractivity contribution is 5.44. The van der Waals surface area contributed by atoms with Crippen LogP contribution in [0.5, 0.6) is 0 Å². The Hall–Kier alpha value is -2.70. The highest BCUT2D eigenvalue weighted by Crippen LogP contribution is 2.37. The molecule has 0 amide bonds. The van der Waals surface area contributed by atoms with Gasteiger partial charge >= 0.3 is 0 Å². The third kappa shape index (κ3) is 2.59. The summed E-state index contributed by atoms with van der Waals surface area (Å²) in [6.45, 7) is 0.639. The first-order chi connectivity index (χ1) is 11.6. The minimum atomic E-state index is -2.84. The van der Waals surface area contributed by atoms with Crippen LogP contribution in [0.1, 0.15) is 22.6 Å². The molecule has 0 N–H and O–H groups in total. The van der Waals surface area contributed by atoms with Crippen molar-refractivity contribution < 1.29 is 39.5 Å². The van der Waals surface area contributed by atoms with Crippen molar-refractivity contribution >= 4 is 0 Å². The molecule has 0 aliphatic heterocycles. The SMILES string of the molecule is Cc1c(F)c(F)c(C(C#N)c2c(F)c(F)c(F)c(F)c2F)c(F)c1F. The molecule has 0 aliphatic carbocycles. The Morgan fingerprint density at radius 2 is 0.840 bits per heavy atom. The van der Waals surface area contributed by atoms with E-state index in [1.807, 2.05) is 0 Å². The third-order valence-electron chi connectivity index (χ3n) is 3.47. The van der Waals surface area contributed by atoms with Gasteiger partial charge in [0.25, 0.3) is 0 Å². The van der Waals surface area contributed by atoms with Gasteiger partial charge < -0.3 is 0 Å². The van der Waals surface area contributed by atoms with E-state index in [0.29, 0.717) is 6.92 Å². The second-order valence-corrected chi connectivity index (χ2v) is 4.84.